The summed E-state index contributed by atoms with van der Waals surface area (Å²) in [5, 5.41) is 36.9. The van der Waals surface area contributed by atoms with E-state index in [1.165, 1.54) is 0 Å². The molecule has 4 N–H and O–H groups in total. The van der Waals surface area contributed by atoms with Crippen molar-refractivity contribution in [2.24, 2.45) is 0 Å². The molecule has 1 heterocycles. The second-order valence-electron chi connectivity index (χ2n) is 3.15. The standard InChI is InChI=1S/C8H16O6.Na/c1-2-13-8-7(12)6(11)5(10)4(3-9)14-8;/h4-12H,2-3H2,1H3;/t4-,5+,6+,7-,8-;/m1./s1. The monoisotopic (exact) mass is 231 g/mol. The average Bonchev–Trinajstić information content (AvgIpc) is 2.19. The van der Waals surface area contributed by atoms with Crippen molar-refractivity contribution in [1.29, 1.82) is 0 Å². The summed E-state index contributed by atoms with van der Waals surface area (Å²) in [5.74, 6) is 0. The third-order valence-electron chi connectivity index (χ3n) is 2.18. The predicted molar refractivity (Wildman–Crippen MR) is 51.1 cm³/mol. The molecule has 85 valence electrons. The molecule has 0 unspecified atom stereocenters. The van der Waals surface area contributed by atoms with Crippen LogP contribution >= 0.6 is 0 Å². The number of ether oxygens (including phenoxy) is 2. The largest absolute Gasteiger partial charge is 0.394 e. The van der Waals surface area contributed by atoms with Gasteiger partial charge in [0.05, 0.1) is 6.61 Å². The Morgan fingerprint density at radius 2 is 1.73 bits per heavy atom. The van der Waals surface area contributed by atoms with Gasteiger partial charge in [0.2, 0.25) is 0 Å². The van der Waals surface area contributed by atoms with Gasteiger partial charge < -0.3 is 29.9 Å². The van der Waals surface area contributed by atoms with E-state index in [1.807, 2.05) is 0 Å². The van der Waals surface area contributed by atoms with Gasteiger partial charge in [-0.1, -0.05) is 0 Å². The van der Waals surface area contributed by atoms with Gasteiger partial charge in [-0.15, -0.1) is 0 Å². The van der Waals surface area contributed by atoms with Crippen LogP contribution in [0.15, 0.2) is 0 Å². The molecule has 0 spiro atoms. The molecule has 0 aromatic rings. The Morgan fingerprint density at radius 3 is 2.20 bits per heavy atom. The molecule has 1 rings (SSSR count). The van der Waals surface area contributed by atoms with Crippen molar-refractivity contribution in [2.45, 2.75) is 37.6 Å². The summed E-state index contributed by atoms with van der Waals surface area (Å²) in [6.45, 7) is 1.58. The van der Waals surface area contributed by atoms with Crippen LogP contribution in [0.25, 0.3) is 0 Å². The van der Waals surface area contributed by atoms with Gasteiger partial charge in [-0.25, -0.2) is 0 Å². The molecule has 0 aliphatic carbocycles. The van der Waals surface area contributed by atoms with Crippen LogP contribution in [0.2, 0.25) is 0 Å². The minimum Gasteiger partial charge on any atom is -0.394 e. The van der Waals surface area contributed by atoms with Crippen molar-refractivity contribution in [3.63, 3.8) is 0 Å². The fraction of sp³-hybridized carbons (Fsp3) is 1.00. The van der Waals surface area contributed by atoms with Gasteiger partial charge in [0, 0.05) is 36.2 Å². The van der Waals surface area contributed by atoms with Crippen molar-refractivity contribution < 1.29 is 29.9 Å². The molecule has 7 heteroatoms. The molecule has 0 saturated carbocycles. The van der Waals surface area contributed by atoms with Gasteiger partial charge in [0.1, 0.15) is 24.4 Å². The maximum atomic E-state index is 9.41. The summed E-state index contributed by atoms with van der Waals surface area (Å²) < 4.78 is 10.0. The van der Waals surface area contributed by atoms with Gasteiger partial charge in [-0.05, 0) is 6.92 Å². The molecule has 1 saturated heterocycles. The molecule has 0 aromatic heterocycles. The molecule has 1 fully saturated rings. The van der Waals surface area contributed by atoms with Crippen LogP contribution in [0.3, 0.4) is 0 Å². The number of aliphatic hydroxyl groups is 4. The minimum atomic E-state index is -1.36. The van der Waals surface area contributed by atoms with Crippen LogP contribution in [0, 0.1) is 0 Å². The Hall–Kier alpha value is 0.760. The minimum absolute atomic E-state index is 0. The Kier molecular flexibility index (Phi) is 7.52. The first kappa shape index (κ1) is 15.8. The molecule has 0 aromatic carbocycles. The zero-order valence-corrected chi connectivity index (χ0v) is 10.9. The molecule has 1 radical (unpaired) electrons. The maximum Gasteiger partial charge on any atom is 0.186 e. The maximum absolute atomic E-state index is 9.41. The van der Waals surface area contributed by atoms with Crippen molar-refractivity contribution in [3.05, 3.63) is 0 Å². The average molecular weight is 231 g/mol. The third kappa shape index (κ3) is 3.62. The molecule has 1 aliphatic heterocycles. The number of hydrogen-bond donors (Lipinski definition) is 4. The SMILES string of the molecule is CCO[C@@H]1O[C@H](CO)[C@H](O)[C@H](O)[C@H]1O.[Na]. The zero-order chi connectivity index (χ0) is 10.7. The van der Waals surface area contributed by atoms with Crippen LogP contribution < -0.4 is 0 Å². The predicted octanol–water partition coefficient (Wildman–Crippen LogP) is -2.56. The second kappa shape index (κ2) is 7.16. The fourth-order valence-electron chi connectivity index (χ4n) is 1.37. The van der Waals surface area contributed by atoms with E-state index in [-0.39, 0.29) is 29.6 Å². The Labute approximate surface area is 110 Å². The van der Waals surface area contributed by atoms with E-state index in [0.717, 1.165) is 0 Å². The first-order valence-corrected chi connectivity index (χ1v) is 4.54. The Morgan fingerprint density at radius 1 is 1.13 bits per heavy atom. The number of aliphatic hydroxyl groups excluding tert-OH is 4. The van der Waals surface area contributed by atoms with Crippen LogP contribution in [-0.2, 0) is 9.47 Å². The molecule has 5 atom stereocenters. The third-order valence-corrected chi connectivity index (χ3v) is 2.18. The van der Waals surface area contributed by atoms with E-state index in [9.17, 15) is 15.3 Å². The topological polar surface area (TPSA) is 99.4 Å². The van der Waals surface area contributed by atoms with E-state index in [4.69, 9.17) is 14.6 Å². The number of hydrogen-bond acceptors (Lipinski definition) is 6. The molecule has 15 heavy (non-hydrogen) atoms. The Balaban J connectivity index is 0.00000196. The van der Waals surface area contributed by atoms with Crippen molar-refractivity contribution in [1.82, 2.24) is 0 Å². The second-order valence-corrected chi connectivity index (χ2v) is 3.15. The van der Waals surface area contributed by atoms with Gasteiger partial charge in [0.15, 0.2) is 6.29 Å². The van der Waals surface area contributed by atoms with E-state index in [0.29, 0.717) is 6.61 Å². The van der Waals surface area contributed by atoms with E-state index < -0.39 is 37.3 Å². The molecular weight excluding hydrogens is 215 g/mol. The molecular formula is C8H16NaO6. The summed E-state index contributed by atoms with van der Waals surface area (Å²) in [4.78, 5) is 0. The first-order valence-electron chi connectivity index (χ1n) is 4.54. The summed E-state index contributed by atoms with van der Waals surface area (Å²) in [7, 11) is 0. The fourth-order valence-corrected chi connectivity index (χ4v) is 1.37. The van der Waals surface area contributed by atoms with Gasteiger partial charge in [-0.3, -0.25) is 0 Å². The van der Waals surface area contributed by atoms with Gasteiger partial charge >= 0.3 is 0 Å². The molecule has 6 nitrogen and oxygen atoms in total. The van der Waals surface area contributed by atoms with Crippen LogP contribution in [0.5, 0.6) is 0 Å². The quantitative estimate of drug-likeness (QED) is 0.399. The molecule has 1 aliphatic rings. The van der Waals surface area contributed by atoms with Gasteiger partial charge in [0.25, 0.3) is 0 Å². The summed E-state index contributed by atoms with van der Waals surface area (Å²) in [5.41, 5.74) is 0. The number of rotatable bonds is 3. The smallest absolute Gasteiger partial charge is 0.186 e. The zero-order valence-electron chi connectivity index (χ0n) is 8.91. The van der Waals surface area contributed by atoms with Crippen molar-refractivity contribution in [3.8, 4) is 0 Å². The van der Waals surface area contributed by atoms with E-state index >= 15 is 0 Å². The van der Waals surface area contributed by atoms with Crippen LogP contribution in [0.1, 0.15) is 6.92 Å². The molecule has 0 amide bonds. The van der Waals surface area contributed by atoms with E-state index in [1.54, 1.807) is 6.92 Å². The van der Waals surface area contributed by atoms with Crippen molar-refractivity contribution >= 4 is 29.6 Å². The summed E-state index contributed by atoms with van der Waals surface area (Å²) in [6, 6.07) is 0. The van der Waals surface area contributed by atoms with Gasteiger partial charge in [-0.2, -0.15) is 0 Å². The normalized spacial score (nSPS) is 41.0. The molecule has 0 bridgehead atoms. The van der Waals surface area contributed by atoms with Crippen molar-refractivity contribution in [2.75, 3.05) is 13.2 Å². The summed E-state index contributed by atoms with van der Waals surface area (Å²) >= 11 is 0. The summed E-state index contributed by atoms with van der Waals surface area (Å²) in [6.07, 6.45) is -5.89. The van der Waals surface area contributed by atoms with Crippen LogP contribution in [0.4, 0.5) is 0 Å². The first-order chi connectivity index (χ1) is 6.61. The van der Waals surface area contributed by atoms with E-state index in [2.05, 4.69) is 0 Å². The van der Waals surface area contributed by atoms with Crippen LogP contribution in [-0.4, -0.2) is 93.9 Å². The Bertz CT molecular complexity index is 177.